The van der Waals surface area contributed by atoms with Crippen molar-refractivity contribution in [1.82, 2.24) is 10.6 Å². The van der Waals surface area contributed by atoms with Gasteiger partial charge in [0.05, 0.1) is 19.7 Å². The maximum absolute atomic E-state index is 11.9. The van der Waals surface area contributed by atoms with Gasteiger partial charge in [-0.15, -0.1) is 12.4 Å². The van der Waals surface area contributed by atoms with Gasteiger partial charge in [-0.2, -0.15) is 0 Å². The van der Waals surface area contributed by atoms with Crippen LogP contribution < -0.4 is 25.8 Å². The van der Waals surface area contributed by atoms with Gasteiger partial charge >= 0.3 is 0 Å². The van der Waals surface area contributed by atoms with E-state index >= 15 is 0 Å². The summed E-state index contributed by atoms with van der Waals surface area (Å²) in [6.07, 6.45) is 0. The van der Waals surface area contributed by atoms with Crippen LogP contribution in [0.1, 0.15) is 19.4 Å². The van der Waals surface area contributed by atoms with E-state index in [4.69, 9.17) is 15.2 Å². The molecule has 0 aliphatic carbocycles. The second-order valence-corrected chi connectivity index (χ2v) is 6.66. The fourth-order valence-electron chi connectivity index (χ4n) is 2.36. The molecule has 0 heterocycles. The Kier molecular flexibility index (Phi) is 9.99. The number of methoxy groups -OCH3 is 1. The van der Waals surface area contributed by atoms with Gasteiger partial charge in [-0.3, -0.25) is 9.59 Å². The van der Waals surface area contributed by atoms with E-state index in [-0.39, 0.29) is 36.7 Å². The lowest BCUT2D eigenvalue weighted by Gasteiger charge is -2.15. The Hall–Kier alpha value is -2.77. The van der Waals surface area contributed by atoms with Crippen molar-refractivity contribution < 1.29 is 19.1 Å². The number of nitrogens with one attached hydrogen (secondary N) is 2. The summed E-state index contributed by atoms with van der Waals surface area (Å²) in [5, 5.41) is 5.29. The number of benzene rings is 2. The molecule has 0 bridgehead atoms. The Morgan fingerprint density at radius 3 is 2.21 bits per heavy atom. The average molecular weight is 422 g/mol. The molecule has 7 nitrogen and oxygen atoms in total. The molecule has 2 amide bonds. The molecule has 0 radical (unpaired) electrons. The summed E-state index contributed by atoms with van der Waals surface area (Å²) in [7, 11) is 1.59. The molecule has 1 atom stereocenters. The highest BCUT2D eigenvalue weighted by Gasteiger charge is 2.17. The number of hydrogen-bond acceptors (Lipinski definition) is 5. The minimum Gasteiger partial charge on any atom is -0.493 e. The van der Waals surface area contributed by atoms with Gasteiger partial charge in [0.2, 0.25) is 11.8 Å². The van der Waals surface area contributed by atoms with E-state index in [1.165, 1.54) is 0 Å². The summed E-state index contributed by atoms with van der Waals surface area (Å²) in [5.41, 5.74) is 6.64. The third kappa shape index (κ3) is 7.63. The van der Waals surface area contributed by atoms with Gasteiger partial charge in [0.1, 0.15) is 5.75 Å². The lowest BCUT2D eigenvalue weighted by molar-refractivity contribution is -0.127. The number of ether oxygens (including phenoxy) is 2. The van der Waals surface area contributed by atoms with Crippen molar-refractivity contribution in [1.29, 1.82) is 0 Å². The highest BCUT2D eigenvalue weighted by molar-refractivity contribution is 5.87. The molecule has 0 aromatic heterocycles. The lowest BCUT2D eigenvalue weighted by atomic mass is 10.1. The van der Waals surface area contributed by atoms with Gasteiger partial charge in [0.15, 0.2) is 11.5 Å². The van der Waals surface area contributed by atoms with Crippen molar-refractivity contribution in [3.05, 3.63) is 54.1 Å². The highest BCUT2D eigenvalue weighted by Crippen LogP contribution is 2.30. The Bertz CT molecular complexity index is 797. The van der Waals surface area contributed by atoms with Crippen LogP contribution in [0.3, 0.4) is 0 Å². The zero-order valence-electron chi connectivity index (χ0n) is 16.8. The summed E-state index contributed by atoms with van der Waals surface area (Å²) >= 11 is 0. The molecule has 0 saturated heterocycles. The molecule has 2 aromatic rings. The van der Waals surface area contributed by atoms with Crippen molar-refractivity contribution in [2.75, 3.05) is 13.7 Å². The molecule has 0 fully saturated rings. The number of nitrogens with two attached hydrogens (primary N) is 1. The predicted octanol–water partition coefficient (Wildman–Crippen LogP) is 2.63. The third-order valence-electron chi connectivity index (χ3n) is 4.15. The minimum atomic E-state index is -0.622. The molecular formula is C21H28ClN3O4. The molecule has 8 heteroatoms. The van der Waals surface area contributed by atoms with Gasteiger partial charge in [-0.05, 0) is 35.7 Å². The predicted molar refractivity (Wildman–Crippen MR) is 114 cm³/mol. The zero-order chi connectivity index (χ0) is 20.5. The SMILES string of the molecule is COc1ccccc1Oc1ccc(CNC(=O)CNC(=O)[C@@H](N)C(C)C)cc1.Cl. The number of amides is 2. The normalized spacial score (nSPS) is 11.2. The van der Waals surface area contributed by atoms with E-state index in [9.17, 15) is 9.59 Å². The fourth-order valence-corrected chi connectivity index (χ4v) is 2.36. The second-order valence-electron chi connectivity index (χ2n) is 6.66. The van der Waals surface area contributed by atoms with Crippen molar-refractivity contribution in [2.45, 2.75) is 26.4 Å². The number of carbonyl (C=O) groups is 2. The topological polar surface area (TPSA) is 103 Å². The van der Waals surface area contributed by atoms with Crippen molar-refractivity contribution in [3.8, 4) is 17.2 Å². The molecule has 29 heavy (non-hydrogen) atoms. The summed E-state index contributed by atoms with van der Waals surface area (Å²) in [6.45, 7) is 3.95. The smallest absolute Gasteiger partial charge is 0.239 e. The molecule has 4 N–H and O–H groups in total. The van der Waals surface area contributed by atoms with Crippen LogP contribution in [-0.2, 0) is 16.1 Å². The van der Waals surface area contributed by atoms with E-state index in [1.807, 2.05) is 62.4 Å². The Morgan fingerprint density at radius 1 is 1.00 bits per heavy atom. The Labute approximate surface area is 177 Å². The zero-order valence-corrected chi connectivity index (χ0v) is 17.6. The molecule has 2 rings (SSSR count). The number of hydrogen-bond donors (Lipinski definition) is 3. The van der Waals surface area contributed by atoms with Crippen LogP contribution in [0.4, 0.5) is 0 Å². The molecule has 0 unspecified atom stereocenters. The van der Waals surface area contributed by atoms with Crippen molar-refractivity contribution in [2.24, 2.45) is 11.7 Å². The maximum Gasteiger partial charge on any atom is 0.239 e. The van der Waals surface area contributed by atoms with Crippen LogP contribution >= 0.6 is 12.4 Å². The second kappa shape index (κ2) is 11.9. The number of carbonyl (C=O) groups excluding carboxylic acids is 2. The Balaban J connectivity index is 0.00000420. The first-order valence-corrected chi connectivity index (χ1v) is 9.10. The maximum atomic E-state index is 11.9. The van der Waals surface area contributed by atoms with E-state index in [1.54, 1.807) is 7.11 Å². The van der Waals surface area contributed by atoms with Gasteiger partial charge in [-0.25, -0.2) is 0 Å². The third-order valence-corrected chi connectivity index (χ3v) is 4.15. The molecule has 2 aromatic carbocycles. The van der Waals surface area contributed by atoms with Crippen LogP contribution in [0.15, 0.2) is 48.5 Å². The molecule has 0 saturated carbocycles. The van der Waals surface area contributed by atoms with Crippen LogP contribution in [0, 0.1) is 5.92 Å². The van der Waals surface area contributed by atoms with Gasteiger partial charge in [0.25, 0.3) is 0 Å². The first-order valence-electron chi connectivity index (χ1n) is 9.10. The summed E-state index contributed by atoms with van der Waals surface area (Å²) in [4.78, 5) is 23.6. The first-order chi connectivity index (χ1) is 13.4. The van der Waals surface area contributed by atoms with E-state index in [2.05, 4.69) is 10.6 Å². The lowest BCUT2D eigenvalue weighted by Crippen LogP contribution is -2.47. The molecule has 0 spiro atoms. The van der Waals surface area contributed by atoms with Crippen LogP contribution in [-0.4, -0.2) is 31.5 Å². The van der Waals surface area contributed by atoms with Crippen molar-refractivity contribution in [3.63, 3.8) is 0 Å². The standard InChI is InChI=1S/C21H27N3O4.ClH/c1-14(2)20(22)21(26)24-13-19(25)23-12-15-8-10-16(11-9-15)28-18-7-5-4-6-17(18)27-3;/h4-11,14,20H,12-13,22H2,1-3H3,(H,23,25)(H,24,26);1H/t20-;/m0./s1. The number of rotatable bonds is 9. The largest absolute Gasteiger partial charge is 0.493 e. The first kappa shape index (κ1) is 24.3. The summed E-state index contributed by atoms with van der Waals surface area (Å²) in [6, 6.07) is 14.1. The summed E-state index contributed by atoms with van der Waals surface area (Å²) in [5.74, 6) is 1.34. The quantitative estimate of drug-likeness (QED) is 0.577. The minimum absolute atomic E-state index is 0. The van der Waals surface area contributed by atoms with Gasteiger partial charge in [0, 0.05) is 6.54 Å². The van der Waals surface area contributed by atoms with Crippen molar-refractivity contribution >= 4 is 24.2 Å². The number of halogens is 1. The number of para-hydroxylation sites is 2. The monoisotopic (exact) mass is 421 g/mol. The highest BCUT2D eigenvalue weighted by atomic mass is 35.5. The molecular weight excluding hydrogens is 394 g/mol. The fraction of sp³-hybridized carbons (Fsp3) is 0.333. The van der Waals surface area contributed by atoms with Gasteiger partial charge in [-0.1, -0.05) is 38.1 Å². The van der Waals surface area contributed by atoms with Crippen LogP contribution in [0.25, 0.3) is 0 Å². The molecule has 0 aliphatic rings. The van der Waals surface area contributed by atoms with E-state index in [0.717, 1.165) is 5.56 Å². The van der Waals surface area contributed by atoms with E-state index in [0.29, 0.717) is 23.8 Å². The molecule has 0 aliphatic heterocycles. The Morgan fingerprint density at radius 2 is 1.62 bits per heavy atom. The average Bonchev–Trinajstić information content (AvgIpc) is 2.71. The van der Waals surface area contributed by atoms with Gasteiger partial charge < -0.3 is 25.8 Å². The van der Waals surface area contributed by atoms with Crippen LogP contribution in [0.5, 0.6) is 17.2 Å². The van der Waals surface area contributed by atoms with E-state index < -0.39 is 6.04 Å². The summed E-state index contributed by atoms with van der Waals surface area (Å²) < 4.78 is 11.1. The molecule has 158 valence electrons. The van der Waals surface area contributed by atoms with Crippen LogP contribution in [0.2, 0.25) is 0 Å².